The van der Waals surface area contributed by atoms with E-state index >= 15 is 0 Å². The molecule has 1 saturated carbocycles. The van der Waals surface area contributed by atoms with Crippen LogP contribution in [-0.4, -0.2) is 71.5 Å². The summed E-state index contributed by atoms with van der Waals surface area (Å²) in [6.07, 6.45) is 7.47. The second kappa shape index (κ2) is 26.3. The van der Waals surface area contributed by atoms with Gasteiger partial charge in [0.05, 0.1) is 12.6 Å². The number of hydrogen-bond donors (Lipinski definition) is 0. The predicted molar refractivity (Wildman–Crippen MR) is 294 cm³/mol. The Morgan fingerprint density at radius 2 is 0.941 bits per heavy atom. The van der Waals surface area contributed by atoms with Crippen LogP contribution < -0.4 is 0 Å². The van der Waals surface area contributed by atoms with Crippen molar-refractivity contribution in [3.8, 4) is 6.07 Å². The molecule has 7 heteroatoms. The van der Waals surface area contributed by atoms with Crippen molar-refractivity contribution < 1.29 is 0 Å². The molecule has 4 aromatic carbocycles. The molecule has 1 aliphatic carbocycles. The summed E-state index contributed by atoms with van der Waals surface area (Å²) in [7, 11) is 0. The van der Waals surface area contributed by atoms with Crippen molar-refractivity contribution in [1.29, 1.82) is 5.26 Å². The summed E-state index contributed by atoms with van der Waals surface area (Å²) >= 11 is 12.4. The average Bonchev–Trinajstić information content (AvgIpc) is 4.18. The number of benzene rings is 4. The fourth-order valence-corrected chi connectivity index (χ4v) is 11.0. The van der Waals surface area contributed by atoms with Crippen molar-refractivity contribution in [2.75, 3.05) is 45.8 Å². The van der Waals surface area contributed by atoms with Gasteiger partial charge in [-0.3, -0.25) is 19.6 Å². The van der Waals surface area contributed by atoms with E-state index in [-0.39, 0.29) is 0 Å². The van der Waals surface area contributed by atoms with Gasteiger partial charge in [-0.2, -0.15) is 5.26 Å². The Morgan fingerprint density at radius 3 is 1.44 bits per heavy atom. The number of fused-ring (bicyclic) bond motifs is 4. The predicted octanol–water partition coefficient (Wildman–Crippen LogP) is 15.3. The summed E-state index contributed by atoms with van der Waals surface area (Å²) in [5.41, 5.74) is 20.6. The molecule has 0 aromatic heterocycles. The standard InChI is InChI=1S/C18H27N.C15H23N.C14H17ClN2.C12H16ClN.C2H6/c1-12(2)17-9-15-7-8-19(13(3)4)11-16(15)10-18(17)14-5-6-14;1-5-16-7-6-13-9-15(11(2)3)12(4)8-14(13)10-16;1-10(2)13-7-11-3-5-17(6-4-16)9-12(11)8-14(13)15;1-3-14-5-4-10-6-9(2)12(13)7-11(10)8-14;1-2/h9-10,12-14H,5-8,11H2,1-4H3;8-9,11H,5-7,10H2,1-4H3;7-8,10H,3,5-6,9H2,1-2H3;6-7H,3-5,8H2,1-2H3;1-2H3. The van der Waals surface area contributed by atoms with Crippen molar-refractivity contribution in [3.63, 3.8) is 0 Å². The van der Waals surface area contributed by atoms with Crippen LogP contribution in [0.5, 0.6) is 0 Å². The number of nitrogens with zero attached hydrogens (tertiary/aromatic N) is 5. The molecule has 4 aliphatic heterocycles. The molecule has 5 nitrogen and oxygen atoms in total. The Balaban J connectivity index is 0.000000168. The van der Waals surface area contributed by atoms with E-state index in [2.05, 4.69) is 157 Å². The molecular weight excluding hydrogens is 874 g/mol. The zero-order chi connectivity index (χ0) is 49.8. The largest absolute Gasteiger partial charge is 0.299 e. The Hall–Kier alpha value is -3.21. The lowest BCUT2D eigenvalue weighted by Gasteiger charge is -2.33. The van der Waals surface area contributed by atoms with Gasteiger partial charge in [0, 0.05) is 68.4 Å². The van der Waals surface area contributed by atoms with Gasteiger partial charge in [-0.25, -0.2) is 0 Å². The highest BCUT2D eigenvalue weighted by atomic mass is 35.5. The third-order valence-electron chi connectivity index (χ3n) is 14.9. The van der Waals surface area contributed by atoms with Gasteiger partial charge < -0.3 is 0 Å². The van der Waals surface area contributed by atoms with Crippen LogP contribution in [0.1, 0.15) is 197 Å². The maximum absolute atomic E-state index is 8.72. The molecule has 0 N–H and O–H groups in total. The van der Waals surface area contributed by atoms with E-state index in [0.29, 0.717) is 30.3 Å². The van der Waals surface area contributed by atoms with Crippen LogP contribution in [0.25, 0.3) is 0 Å². The van der Waals surface area contributed by atoms with E-state index < -0.39 is 0 Å². The average molecular weight is 963 g/mol. The summed E-state index contributed by atoms with van der Waals surface area (Å²) < 4.78 is 0. The first-order valence-electron chi connectivity index (χ1n) is 26.6. The minimum Gasteiger partial charge on any atom is -0.299 e. The molecule has 68 heavy (non-hydrogen) atoms. The smallest absolute Gasteiger partial charge is 0.0868 e. The molecule has 372 valence electrons. The third-order valence-corrected chi connectivity index (χ3v) is 15.6. The van der Waals surface area contributed by atoms with Crippen LogP contribution in [-0.2, 0) is 51.9 Å². The molecule has 4 aromatic rings. The number of rotatable bonds is 8. The number of halogens is 2. The topological polar surface area (TPSA) is 36.8 Å². The highest BCUT2D eigenvalue weighted by molar-refractivity contribution is 6.31. The zero-order valence-corrected chi connectivity index (χ0v) is 46.5. The molecule has 0 unspecified atom stereocenters. The van der Waals surface area contributed by atoms with Gasteiger partial charge in [0.15, 0.2) is 0 Å². The summed E-state index contributed by atoms with van der Waals surface area (Å²) in [5.74, 6) is 2.65. The summed E-state index contributed by atoms with van der Waals surface area (Å²) in [5, 5.41) is 10.5. The van der Waals surface area contributed by atoms with Crippen molar-refractivity contribution in [3.05, 3.63) is 136 Å². The fourth-order valence-electron chi connectivity index (χ4n) is 10.4. The second-order valence-corrected chi connectivity index (χ2v) is 22.0. The first-order chi connectivity index (χ1) is 32.5. The Kier molecular flexibility index (Phi) is 21.5. The molecule has 5 aliphatic rings. The third kappa shape index (κ3) is 14.9. The Morgan fingerprint density at radius 1 is 0.515 bits per heavy atom. The summed E-state index contributed by atoms with van der Waals surface area (Å²) in [6, 6.07) is 21.5. The van der Waals surface area contributed by atoms with Crippen molar-refractivity contribution in [2.24, 2.45) is 0 Å². The summed E-state index contributed by atoms with van der Waals surface area (Å²) in [6.45, 7) is 42.6. The highest BCUT2D eigenvalue weighted by Gasteiger charge is 2.29. The molecule has 0 saturated heterocycles. The van der Waals surface area contributed by atoms with Crippen LogP contribution in [0.15, 0.2) is 48.5 Å². The maximum Gasteiger partial charge on any atom is 0.0868 e. The van der Waals surface area contributed by atoms with E-state index in [0.717, 1.165) is 61.7 Å². The number of nitriles is 1. The Bertz CT molecular complexity index is 2300. The van der Waals surface area contributed by atoms with Crippen LogP contribution in [0.2, 0.25) is 10.0 Å². The SMILES string of the molecule is CC.CC(C)c1cc2c(cc1C1CC1)CN(C(C)C)CC2.CC(C)c1cc2c(cc1Cl)CN(CC#N)CC2.CCN1CCc2cc(C(C)C)c(C)cc2C1.CCN1CCc2cc(C)c(Cl)cc2C1. The van der Waals surface area contributed by atoms with Crippen LogP contribution >= 0.6 is 23.2 Å². The van der Waals surface area contributed by atoms with E-state index in [4.69, 9.17) is 28.5 Å². The van der Waals surface area contributed by atoms with Crippen molar-refractivity contribution in [1.82, 2.24) is 19.6 Å². The highest BCUT2D eigenvalue weighted by Crippen LogP contribution is 2.45. The molecular formula is C61H89Cl2N5. The van der Waals surface area contributed by atoms with Crippen molar-refractivity contribution in [2.45, 2.75) is 191 Å². The van der Waals surface area contributed by atoms with Gasteiger partial charge in [-0.15, -0.1) is 0 Å². The molecule has 0 amide bonds. The number of likely N-dealkylation sites (N-methyl/N-ethyl adjacent to an activating group) is 2. The molecule has 0 radical (unpaired) electrons. The number of aryl methyl sites for hydroxylation is 2. The van der Waals surface area contributed by atoms with Gasteiger partial charge in [0.25, 0.3) is 0 Å². The van der Waals surface area contributed by atoms with Crippen molar-refractivity contribution >= 4 is 23.2 Å². The lowest BCUT2D eigenvalue weighted by Crippen LogP contribution is -2.36. The molecule has 0 spiro atoms. The minimum absolute atomic E-state index is 0.463. The second-order valence-electron chi connectivity index (χ2n) is 21.1. The van der Waals surface area contributed by atoms with Gasteiger partial charge >= 0.3 is 0 Å². The van der Waals surface area contributed by atoms with E-state index in [1.54, 1.807) is 33.4 Å². The monoisotopic (exact) mass is 962 g/mol. The first-order valence-corrected chi connectivity index (χ1v) is 27.4. The maximum atomic E-state index is 8.72. The van der Waals surface area contributed by atoms with E-state index in [1.807, 2.05) is 13.8 Å². The van der Waals surface area contributed by atoms with Crippen LogP contribution in [0, 0.1) is 25.2 Å². The quantitative estimate of drug-likeness (QED) is 0.165. The Labute approximate surface area is 425 Å². The molecule has 0 atom stereocenters. The minimum atomic E-state index is 0.463. The number of hydrogen-bond acceptors (Lipinski definition) is 5. The molecule has 4 heterocycles. The van der Waals surface area contributed by atoms with E-state index in [1.165, 1.54) is 103 Å². The fraction of sp³-hybridized carbons (Fsp3) is 0.590. The summed E-state index contributed by atoms with van der Waals surface area (Å²) in [4.78, 5) is 9.74. The lowest BCUT2D eigenvalue weighted by atomic mass is 9.87. The van der Waals surface area contributed by atoms with Gasteiger partial charge in [0.2, 0.25) is 0 Å². The van der Waals surface area contributed by atoms with Gasteiger partial charge in [-0.05, 0) is 193 Å². The van der Waals surface area contributed by atoms with Crippen LogP contribution in [0.3, 0.4) is 0 Å². The molecule has 0 bridgehead atoms. The molecule has 1 fully saturated rings. The molecule has 9 rings (SSSR count). The zero-order valence-electron chi connectivity index (χ0n) is 45.0. The normalized spacial score (nSPS) is 17.0. The lowest BCUT2D eigenvalue weighted by molar-refractivity contribution is 0.203. The van der Waals surface area contributed by atoms with Crippen LogP contribution in [0.4, 0.5) is 0 Å². The van der Waals surface area contributed by atoms with Gasteiger partial charge in [0.1, 0.15) is 0 Å². The van der Waals surface area contributed by atoms with Gasteiger partial charge in [-0.1, -0.05) is 129 Å². The van der Waals surface area contributed by atoms with E-state index in [9.17, 15) is 0 Å². The first kappa shape index (κ1) is 55.7.